The summed E-state index contributed by atoms with van der Waals surface area (Å²) in [5.41, 5.74) is 6.63. The van der Waals surface area contributed by atoms with Gasteiger partial charge in [0.1, 0.15) is 6.04 Å². The highest BCUT2D eigenvalue weighted by Crippen LogP contribution is 2.23. The molecule has 0 spiro atoms. The predicted octanol–water partition coefficient (Wildman–Crippen LogP) is 2.48. The molecule has 0 saturated carbocycles. The Labute approximate surface area is 109 Å². The Morgan fingerprint density at radius 3 is 2.11 bits per heavy atom. The zero-order valence-electron chi connectivity index (χ0n) is 10.8. The van der Waals surface area contributed by atoms with Crippen molar-refractivity contribution in [3.8, 4) is 0 Å². The van der Waals surface area contributed by atoms with Gasteiger partial charge in [-0.1, -0.05) is 49.6 Å². The van der Waals surface area contributed by atoms with Gasteiger partial charge >= 0.3 is 0 Å². The second kappa shape index (κ2) is 6.55. The van der Waals surface area contributed by atoms with Crippen LogP contribution in [0.4, 0.5) is 0 Å². The summed E-state index contributed by atoms with van der Waals surface area (Å²) in [6.07, 6.45) is 6.17. The van der Waals surface area contributed by atoms with E-state index in [0.717, 1.165) is 31.5 Å². The summed E-state index contributed by atoms with van der Waals surface area (Å²) < 4.78 is 0. The molecule has 2 rings (SSSR count). The molecule has 3 nitrogen and oxygen atoms in total. The zero-order chi connectivity index (χ0) is 12.8. The van der Waals surface area contributed by atoms with E-state index in [2.05, 4.69) is 4.90 Å². The smallest absolute Gasteiger partial charge is 0.239 e. The topological polar surface area (TPSA) is 46.3 Å². The van der Waals surface area contributed by atoms with Gasteiger partial charge in [0, 0.05) is 0 Å². The third-order valence-electron chi connectivity index (χ3n) is 3.64. The van der Waals surface area contributed by atoms with Gasteiger partial charge in [0.2, 0.25) is 5.91 Å². The van der Waals surface area contributed by atoms with Gasteiger partial charge in [0.25, 0.3) is 0 Å². The summed E-state index contributed by atoms with van der Waals surface area (Å²) in [5, 5.41) is 0. The van der Waals surface area contributed by atoms with Crippen molar-refractivity contribution in [3.05, 3.63) is 35.9 Å². The maximum Gasteiger partial charge on any atom is 0.239 e. The molecule has 0 bridgehead atoms. The number of primary amides is 1. The molecule has 0 radical (unpaired) electrons. The van der Waals surface area contributed by atoms with Gasteiger partial charge in [-0.15, -0.1) is 0 Å². The van der Waals surface area contributed by atoms with Crippen LogP contribution in [0.25, 0.3) is 0 Å². The number of nitrogens with zero attached hydrogens (tertiary/aromatic N) is 1. The van der Waals surface area contributed by atoms with Gasteiger partial charge in [-0.3, -0.25) is 9.69 Å². The minimum atomic E-state index is -0.260. The lowest BCUT2D eigenvalue weighted by molar-refractivity contribution is -0.123. The Morgan fingerprint density at radius 1 is 1.00 bits per heavy atom. The number of amides is 1. The largest absolute Gasteiger partial charge is 0.368 e. The van der Waals surface area contributed by atoms with E-state index in [1.54, 1.807) is 0 Å². The number of hydrogen-bond acceptors (Lipinski definition) is 2. The number of nitrogens with two attached hydrogens (primary N) is 1. The molecule has 1 unspecified atom stereocenters. The van der Waals surface area contributed by atoms with Crippen LogP contribution in [-0.2, 0) is 4.79 Å². The first-order valence-corrected chi connectivity index (χ1v) is 6.87. The van der Waals surface area contributed by atoms with Crippen molar-refractivity contribution in [2.45, 2.75) is 38.1 Å². The molecule has 0 aromatic heterocycles. The van der Waals surface area contributed by atoms with E-state index >= 15 is 0 Å². The van der Waals surface area contributed by atoms with E-state index in [1.807, 2.05) is 30.3 Å². The van der Waals surface area contributed by atoms with Crippen LogP contribution >= 0.6 is 0 Å². The van der Waals surface area contributed by atoms with Crippen LogP contribution in [0.1, 0.15) is 43.7 Å². The summed E-state index contributed by atoms with van der Waals surface area (Å²) in [7, 11) is 0. The lowest BCUT2D eigenvalue weighted by Gasteiger charge is -2.31. The number of likely N-dealkylation sites (tertiary alicyclic amines) is 1. The molecule has 1 aliphatic rings. The third kappa shape index (κ3) is 3.33. The standard InChI is InChI=1S/C15H22N2O/c16-15(18)14(13-9-5-4-6-10-13)17-11-7-2-1-3-8-12-17/h4-6,9-10,14H,1-3,7-8,11-12H2,(H2,16,18). The van der Waals surface area contributed by atoms with Crippen molar-refractivity contribution in [1.82, 2.24) is 4.90 Å². The molecule has 2 N–H and O–H groups in total. The monoisotopic (exact) mass is 246 g/mol. The van der Waals surface area contributed by atoms with E-state index < -0.39 is 0 Å². The van der Waals surface area contributed by atoms with E-state index in [1.165, 1.54) is 19.3 Å². The molecule has 1 aromatic rings. The first kappa shape index (κ1) is 13.1. The van der Waals surface area contributed by atoms with Crippen LogP contribution < -0.4 is 5.73 Å². The molecule has 18 heavy (non-hydrogen) atoms. The van der Waals surface area contributed by atoms with Crippen molar-refractivity contribution in [1.29, 1.82) is 0 Å². The van der Waals surface area contributed by atoms with E-state index in [9.17, 15) is 4.79 Å². The average Bonchev–Trinajstić information content (AvgIpc) is 2.33. The van der Waals surface area contributed by atoms with Crippen LogP contribution in [-0.4, -0.2) is 23.9 Å². The van der Waals surface area contributed by atoms with Crippen molar-refractivity contribution in [2.75, 3.05) is 13.1 Å². The summed E-state index contributed by atoms with van der Waals surface area (Å²) >= 11 is 0. The number of rotatable bonds is 3. The lowest BCUT2D eigenvalue weighted by atomic mass is 10.0. The van der Waals surface area contributed by atoms with Gasteiger partial charge < -0.3 is 5.73 Å². The van der Waals surface area contributed by atoms with Gasteiger partial charge in [0.05, 0.1) is 0 Å². The highest BCUT2D eigenvalue weighted by atomic mass is 16.1. The second-order valence-corrected chi connectivity index (χ2v) is 5.02. The normalized spacial score (nSPS) is 19.8. The Hall–Kier alpha value is -1.35. The van der Waals surface area contributed by atoms with E-state index in [-0.39, 0.29) is 11.9 Å². The van der Waals surface area contributed by atoms with Crippen LogP contribution in [0, 0.1) is 0 Å². The molecule has 3 heteroatoms. The quantitative estimate of drug-likeness (QED) is 0.890. The average molecular weight is 246 g/mol. The Balaban J connectivity index is 2.15. The van der Waals surface area contributed by atoms with Gasteiger partial charge in [-0.2, -0.15) is 0 Å². The molecule has 1 atom stereocenters. The first-order valence-electron chi connectivity index (χ1n) is 6.87. The van der Waals surface area contributed by atoms with Crippen LogP contribution in [0.3, 0.4) is 0 Å². The summed E-state index contributed by atoms with van der Waals surface area (Å²) in [6.45, 7) is 1.95. The fraction of sp³-hybridized carbons (Fsp3) is 0.533. The number of benzene rings is 1. The summed E-state index contributed by atoms with van der Waals surface area (Å²) in [5.74, 6) is -0.234. The van der Waals surface area contributed by atoms with Crippen molar-refractivity contribution in [2.24, 2.45) is 5.73 Å². The molecule has 1 fully saturated rings. The zero-order valence-corrected chi connectivity index (χ0v) is 10.8. The molecule has 1 aliphatic heterocycles. The molecule has 1 saturated heterocycles. The summed E-state index contributed by atoms with van der Waals surface area (Å²) in [6, 6.07) is 9.63. The van der Waals surface area contributed by atoms with Crippen molar-refractivity contribution in [3.63, 3.8) is 0 Å². The predicted molar refractivity (Wildman–Crippen MR) is 73.0 cm³/mol. The fourth-order valence-electron chi connectivity index (χ4n) is 2.72. The lowest BCUT2D eigenvalue weighted by Crippen LogP contribution is -2.39. The number of carbonyl (C=O) groups is 1. The second-order valence-electron chi connectivity index (χ2n) is 5.02. The minimum absolute atomic E-state index is 0.234. The van der Waals surface area contributed by atoms with Gasteiger partial charge in [-0.05, 0) is 31.5 Å². The molecule has 1 amide bonds. The number of hydrogen-bond donors (Lipinski definition) is 1. The number of carbonyl (C=O) groups excluding carboxylic acids is 1. The molecular weight excluding hydrogens is 224 g/mol. The van der Waals surface area contributed by atoms with Gasteiger partial charge in [-0.25, -0.2) is 0 Å². The minimum Gasteiger partial charge on any atom is -0.368 e. The first-order chi connectivity index (χ1) is 8.79. The van der Waals surface area contributed by atoms with Gasteiger partial charge in [0.15, 0.2) is 0 Å². The maximum absolute atomic E-state index is 11.8. The van der Waals surface area contributed by atoms with E-state index in [4.69, 9.17) is 5.73 Å². The van der Waals surface area contributed by atoms with Crippen molar-refractivity contribution < 1.29 is 4.79 Å². The highest BCUT2D eigenvalue weighted by Gasteiger charge is 2.25. The third-order valence-corrected chi connectivity index (χ3v) is 3.64. The Morgan fingerprint density at radius 2 is 1.56 bits per heavy atom. The molecule has 0 aliphatic carbocycles. The molecule has 98 valence electrons. The molecule has 1 aromatic carbocycles. The highest BCUT2D eigenvalue weighted by molar-refractivity contribution is 5.81. The van der Waals surface area contributed by atoms with Crippen molar-refractivity contribution >= 4 is 5.91 Å². The van der Waals surface area contributed by atoms with E-state index in [0.29, 0.717) is 0 Å². The summed E-state index contributed by atoms with van der Waals surface area (Å²) in [4.78, 5) is 14.0. The molecule has 1 heterocycles. The Kier molecular flexibility index (Phi) is 4.76. The van der Waals surface area contributed by atoms with Crippen LogP contribution in [0.5, 0.6) is 0 Å². The Bertz CT molecular complexity index is 369. The fourth-order valence-corrected chi connectivity index (χ4v) is 2.72. The van der Waals surface area contributed by atoms with Crippen LogP contribution in [0.2, 0.25) is 0 Å². The molecular formula is C15H22N2O. The maximum atomic E-state index is 11.8. The van der Waals surface area contributed by atoms with Crippen LogP contribution in [0.15, 0.2) is 30.3 Å². The SMILES string of the molecule is NC(=O)C(c1ccccc1)N1CCCCCCC1.